The van der Waals surface area contributed by atoms with E-state index in [4.69, 9.17) is 23.2 Å². The molecule has 2 aromatic heterocycles. The molecule has 0 aliphatic carbocycles. The van der Waals surface area contributed by atoms with Gasteiger partial charge in [0.1, 0.15) is 0 Å². The number of hydrogen-bond donors (Lipinski definition) is 0. The van der Waals surface area contributed by atoms with Crippen molar-refractivity contribution in [1.82, 2.24) is 0 Å². The molecular formula is C56H54Cl2N4+2. The Balaban J connectivity index is 1.16. The molecule has 0 bridgehead atoms. The lowest BCUT2D eigenvalue weighted by atomic mass is 10.0. The average Bonchev–Trinajstić information content (AvgIpc) is 3.29. The van der Waals surface area contributed by atoms with Crippen LogP contribution in [0.2, 0.25) is 10.0 Å². The highest BCUT2D eigenvalue weighted by molar-refractivity contribution is 6.31. The van der Waals surface area contributed by atoms with E-state index in [1.165, 1.54) is 22.3 Å². The van der Waals surface area contributed by atoms with Crippen molar-refractivity contribution in [2.75, 3.05) is 23.9 Å². The number of nitrogens with zero attached hydrogens (tertiary/aromatic N) is 4. The first-order chi connectivity index (χ1) is 30.2. The minimum Gasteiger partial charge on any atom is -0.344 e. The van der Waals surface area contributed by atoms with Crippen LogP contribution in [0.15, 0.2) is 197 Å². The Hall–Kier alpha value is -6.72. The third-order valence-corrected chi connectivity index (χ3v) is 11.2. The summed E-state index contributed by atoms with van der Waals surface area (Å²) in [6.07, 6.45) is 29.8. The predicted octanol–water partition coefficient (Wildman–Crippen LogP) is 13.8. The molecule has 62 heavy (non-hydrogen) atoms. The zero-order valence-corrected chi connectivity index (χ0v) is 37.2. The van der Waals surface area contributed by atoms with Gasteiger partial charge >= 0.3 is 0 Å². The molecule has 0 aliphatic rings. The third-order valence-electron chi connectivity index (χ3n) is 10.7. The van der Waals surface area contributed by atoms with Crippen LogP contribution in [-0.2, 0) is 25.9 Å². The van der Waals surface area contributed by atoms with Gasteiger partial charge in [0.15, 0.2) is 25.5 Å². The molecule has 4 nitrogen and oxygen atoms in total. The number of aromatic nitrogens is 2. The van der Waals surface area contributed by atoms with Crippen LogP contribution in [0, 0.1) is 0 Å². The van der Waals surface area contributed by atoms with Gasteiger partial charge in [-0.2, -0.15) is 9.13 Å². The van der Waals surface area contributed by atoms with Crippen molar-refractivity contribution in [2.24, 2.45) is 0 Å². The molecule has 0 radical (unpaired) electrons. The first kappa shape index (κ1) is 44.8. The largest absolute Gasteiger partial charge is 0.344 e. The Morgan fingerprint density at radius 3 is 1.10 bits per heavy atom. The smallest absolute Gasteiger partial charge is 0.214 e. The number of halogens is 2. The number of benzene rings is 4. The first-order valence-electron chi connectivity index (χ1n) is 20.7. The van der Waals surface area contributed by atoms with Crippen LogP contribution in [0.4, 0.5) is 22.7 Å². The second kappa shape index (κ2) is 22.2. The van der Waals surface area contributed by atoms with Crippen LogP contribution in [0.3, 0.4) is 0 Å². The fourth-order valence-electron chi connectivity index (χ4n) is 7.37. The van der Waals surface area contributed by atoms with Crippen LogP contribution >= 0.6 is 23.2 Å². The Labute approximate surface area is 378 Å². The minimum absolute atomic E-state index is 0.710. The molecule has 0 unspecified atom stereocenters. The van der Waals surface area contributed by atoms with Gasteiger partial charge in [-0.25, -0.2) is 0 Å². The lowest BCUT2D eigenvalue weighted by molar-refractivity contribution is -0.690. The van der Waals surface area contributed by atoms with Gasteiger partial charge in [-0.3, -0.25) is 0 Å². The Kier molecular flexibility index (Phi) is 16.1. The van der Waals surface area contributed by atoms with Crippen molar-refractivity contribution in [3.8, 4) is 0 Å². The highest BCUT2D eigenvalue weighted by Gasteiger charge is 2.22. The van der Waals surface area contributed by atoms with Gasteiger partial charge in [0, 0.05) is 70.9 Å². The summed E-state index contributed by atoms with van der Waals surface area (Å²) in [4.78, 5) is 4.35. The molecule has 4 aromatic carbocycles. The molecule has 310 valence electrons. The highest BCUT2D eigenvalue weighted by Crippen LogP contribution is 2.32. The molecule has 6 heteroatoms. The lowest BCUT2D eigenvalue weighted by Gasteiger charge is -2.22. The fourth-order valence-corrected chi connectivity index (χ4v) is 7.62. The highest BCUT2D eigenvalue weighted by atomic mass is 35.5. The van der Waals surface area contributed by atoms with E-state index in [1.54, 1.807) is 12.2 Å². The lowest BCUT2D eigenvalue weighted by Crippen LogP contribution is -2.38. The Bertz CT molecular complexity index is 2430. The van der Waals surface area contributed by atoms with E-state index in [-0.39, 0.29) is 0 Å². The average molecular weight is 854 g/mol. The minimum atomic E-state index is 0.710. The Morgan fingerprint density at radius 1 is 0.435 bits per heavy atom. The van der Waals surface area contributed by atoms with Crippen molar-refractivity contribution in [3.05, 3.63) is 251 Å². The summed E-state index contributed by atoms with van der Waals surface area (Å²) >= 11 is 12.4. The van der Waals surface area contributed by atoms with Gasteiger partial charge in [-0.15, -0.1) is 0 Å². The van der Waals surface area contributed by atoms with E-state index in [0.717, 1.165) is 71.2 Å². The number of hydrogen-bond acceptors (Lipinski definition) is 2. The van der Waals surface area contributed by atoms with E-state index >= 15 is 0 Å². The van der Waals surface area contributed by atoms with Crippen LogP contribution in [0.25, 0.3) is 24.3 Å². The first-order valence-corrected chi connectivity index (χ1v) is 21.4. The monoisotopic (exact) mass is 852 g/mol. The molecule has 0 saturated carbocycles. The third kappa shape index (κ3) is 11.6. The predicted molar refractivity (Wildman–Crippen MR) is 268 cm³/mol. The van der Waals surface area contributed by atoms with E-state index in [0.29, 0.717) is 10.0 Å². The van der Waals surface area contributed by atoms with E-state index in [2.05, 4.69) is 157 Å². The molecule has 0 aliphatic heterocycles. The van der Waals surface area contributed by atoms with Crippen LogP contribution in [0.1, 0.15) is 44.8 Å². The summed E-state index contributed by atoms with van der Waals surface area (Å²) in [5.74, 6) is 0. The summed E-state index contributed by atoms with van der Waals surface area (Å²) < 4.78 is 4.56. The normalized spacial score (nSPS) is 11.5. The molecule has 0 N–H and O–H groups in total. The zero-order valence-electron chi connectivity index (χ0n) is 35.7. The van der Waals surface area contributed by atoms with Crippen LogP contribution < -0.4 is 18.9 Å². The maximum Gasteiger partial charge on any atom is 0.214 e. The number of rotatable bonds is 19. The second-order valence-electron chi connectivity index (χ2n) is 14.8. The molecule has 0 amide bonds. The van der Waals surface area contributed by atoms with Crippen molar-refractivity contribution in [1.29, 1.82) is 0 Å². The second-order valence-corrected chi connectivity index (χ2v) is 15.7. The van der Waals surface area contributed by atoms with Crippen molar-refractivity contribution in [3.63, 3.8) is 0 Å². The SMILES string of the molecule is C=C/C=C/c1c(N(C)c2ccc(Cl)cc2)cc[n+](Cc2ccc(CCc3ccc(C[n+]4ccc(N(C)c5ccc(Cl)cc5)c(/C=C/C=C)c4/C=C/C=C)cc3)cc2)c1/C=C/C=C. The summed E-state index contributed by atoms with van der Waals surface area (Å²) in [6.45, 7) is 17.2. The van der Waals surface area contributed by atoms with E-state index < -0.39 is 0 Å². The molecule has 2 heterocycles. The topological polar surface area (TPSA) is 14.2 Å². The molecule has 6 rings (SSSR count). The van der Waals surface area contributed by atoms with Crippen LogP contribution in [0.5, 0.6) is 0 Å². The molecule has 0 spiro atoms. The number of pyridine rings is 2. The standard InChI is InChI=1S/C56H54Cl2N4/c1-7-11-15-51-53(59(5)49-33-29-47(57)30-34-49)37-39-61(55(51)17-13-9-3)41-45-25-21-43(22-26-45)19-20-44-23-27-46(28-24-44)42-62-40-38-54(60(6)50-35-31-48(58)32-36-50)52(16-12-8-2)56(62)18-14-10-4/h7-18,21-40H,1-4,19-20,41-42H2,5-6H3/q+2/b15-11+,16-12+,17-13+,18-14+. The summed E-state index contributed by atoms with van der Waals surface area (Å²) in [7, 11) is 4.15. The van der Waals surface area contributed by atoms with E-state index in [9.17, 15) is 0 Å². The Morgan fingerprint density at radius 2 is 0.758 bits per heavy atom. The number of aryl methyl sites for hydroxylation is 2. The zero-order chi connectivity index (χ0) is 43.8. The maximum absolute atomic E-state index is 6.21. The van der Waals surface area contributed by atoms with Gasteiger partial charge in [-0.1, -0.05) is 147 Å². The van der Waals surface area contributed by atoms with Gasteiger partial charge in [0.05, 0.1) is 22.5 Å². The van der Waals surface area contributed by atoms with Gasteiger partial charge in [-0.05, 0) is 84.7 Å². The molecule has 0 fully saturated rings. The molecule has 0 atom stereocenters. The van der Waals surface area contributed by atoms with E-state index in [1.807, 2.05) is 85.0 Å². The van der Waals surface area contributed by atoms with Gasteiger partial charge < -0.3 is 9.80 Å². The maximum atomic E-state index is 6.21. The fraction of sp³-hybridized carbons (Fsp3) is 0.107. The van der Waals surface area contributed by atoms with Crippen molar-refractivity contribution >= 4 is 70.3 Å². The van der Waals surface area contributed by atoms with Crippen molar-refractivity contribution in [2.45, 2.75) is 25.9 Å². The summed E-state index contributed by atoms with van der Waals surface area (Å²) in [5.41, 5.74) is 13.6. The van der Waals surface area contributed by atoms with Gasteiger partial charge in [0.25, 0.3) is 0 Å². The van der Waals surface area contributed by atoms with Crippen LogP contribution in [-0.4, -0.2) is 14.1 Å². The van der Waals surface area contributed by atoms with Crippen molar-refractivity contribution < 1.29 is 9.13 Å². The number of anilines is 4. The molecule has 6 aromatic rings. The molecule has 0 saturated heterocycles. The summed E-state index contributed by atoms with van der Waals surface area (Å²) in [5, 5.41) is 1.42. The summed E-state index contributed by atoms with van der Waals surface area (Å²) in [6, 6.07) is 38.1. The molecular weight excluding hydrogens is 800 g/mol. The van der Waals surface area contributed by atoms with Gasteiger partial charge in [0.2, 0.25) is 11.4 Å². The number of allylic oxidation sites excluding steroid dienone is 8. The quantitative estimate of drug-likeness (QED) is 0.0595.